The van der Waals surface area contributed by atoms with E-state index in [0.717, 1.165) is 48.3 Å². The fraction of sp³-hybridized carbons (Fsp3) is 0.600. The second-order valence-electron chi connectivity index (χ2n) is 9.10. The average Bonchev–Trinajstić information content (AvgIpc) is 3.47. The van der Waals surface area contributed by atoms with Gasteiger partial charge in [-0.3, -0.25) is 0 Å². The molecule has 0 spiro atoms. The quantitative estimate of drug-likeness (QED) is 0.616. The van der Waals surface area contributed by atoms with Crippen molar-refractivity contribution in [2.45, 2.75) is 31.9 Å². The van der Waals surface area contributed by atoms with Crippen LogP contribution in [-0.4, -0.2) is 93.0 Å². The summed E-state index contributed by atoms with van der Waals surface area (Å²) in [5, 5.41) is 4.32. The summed E-state index contributed by atoms with van der Waals surface area (Å²) in [4.78, 5) is 16.0. The Morgan fingerprint density at radius 1 is 1.21 bits per heavy atom. The van der Waals surface area contributed by atoms with Crippen molar-refractivity contribution in [2.75, 3.05) is 77.2 Å². The number of rotatable bonds is 8. The molecule has 0 amide bonds. The third kappa shape index (κ3) is 6.04. The summed E-state index contributed by atoms with van der Waals surface area (Å²) in [6.07, 6.45) is 3.10. The Balaban J connectivity index is 1.63. The van der Waals surface area contributed by atoms with Gasteiger partial charge in [-0.2, -0.15) is 4.98 Å². The number of halogens is 1. The summed E-state index contributed by atoms with van der Waals surface area (Å²) in [7, 11) is 5.74. The van der Waals surface area contributed by atoms with Crippen LogP contribution in [0.15, 0.2) is 12.1 Å². The molecule has 1 aromatic carbocycles. The number of anilines is 2. The Morgan fingerprint density at radius 3 is 2.73 bits per heavy atom. The minimum absolute atomic E-state index is 0.335. The van der Waals surface area contributed by atoms with E-state index in [4.69, 9.17) is 14.7 Å². The second-order valence-corrected chi connectivity index (χ2v) is 9.10. The van der Waals surface area contributed by atoms with Crippen LogP contribution in [0.25, 0.3) is 10.9 Å². The van der Waals surface area contributed by atoms with Crippen molar-refractivity contribution in [1.82, 2.24) is 19.8 Å². The second kappa shape index (κ2) is 11.0. The molecule has 33 heavy (non-hydrogen) atoms. The van der Waals surface area contributed by atoms with Crippen molar-refractivity contribution in [3.05, 3.63) is 17.7 Å². The van der Waals surface area contributed by atoms with E-state index in [2.05, 4.69) is 27.0 Å². The number of benzene rings is 1. The van der Waals surface area contributed by atoms with Gasteiger partial charge in [0.05, 0.1) is 24.7 Å². The smallest absolute Gasteiger partial charge is 0.227 e. The molecule has 3 heterocycles. The van der Waals surface area contributed by atoms with E-state index in [1.54, 1.807) is 7.11 Å². The summed E-state index contributed by atoms with van der Waals surface area (Å²) in [5.74, 6) is 8.62. The summed E-state index contributed by atoms with van der Waals surface area (Å²) in [5.41, 5.74) is 1.61. The maximum atomic E-state index is 13.9. The Labute approximate surface area is 196 Å². The lowest BCUT2D eigenvalue weighted by atomic mass is 10.1. The van der Waals surface area contributed by atoms with Crippen LogP contribution < -0.4 is 15.0 Å². The molecule has 2 aromatic rings. The van der Waals surface area contributed by atoms with E-state index in [-0.39, 0.29) is 0 Å². The number of ether oxygens (including phenoxy) is 1. The molecule has 1 N–H and O–H groups in total. The first kappa shape index (κ1) is 23.5. The van der Waals surface area contributed by atoms with Gasteiger partial charge in [0.1, 0.15) is 17.7 Å². The van der Waals surface area contributed by atoms with Crippen LogP contribution in [0, 0.1) is 11.8 Å². The molecular formula is C25H35FN6O. The first-order chi connectivity index (χ1) is 16.0. The van der Waals surface area contributed by atoms with Crippen LogP contribution in [0.5, 0.6) is 5.75 Å². The molecule has 0 bridgehead atoms. The molecule has 0 unspecified atom stereocenters. The van der Waals surface area contributed by atoms with Crippen LogP contribution >= 0.6 is 0 Å². The molecule has 1 atom stereocenters. The van der Waals surface area contributed by atoms with Crippen LogP contribution in [0.1, 0.15) is 31.2 Å². The molecule has 2 aliphatic rings. The maximum absolute atomic E-state index is 13.9. The molecule has 0 aliphatic carbocycles. The molecule has 2 fully saturated rings. The third-order valence-electron chi connectivity index (χ3n) is 6.25. The van der Waals surface area contributed by atoms with E-state index in [1.165, 1.54) is 25.9 Å². The van der Waals surface area contributed by atoms with E-state index < -0.39 is 6.17 Å². The molecule has 2 saturated heterocycles. The van der Waals surface area contributed by atoms with Crippen LogP contribution in [0.4, 0.5) is 16.2 Å². The summed E-state index contributed by atoms with van der Waals surface area (Å²) in [6, 6.07) is 3.94. The number of likely N-dealkylation sites (tertiary alicyclic amines) is 1. The molecule has 0 radical (unpaired) electrons. The first-order valence-corrected chi connectivity index (χ1v) is 11.9. The van der Waals surface area contributed by atoms with E-state index >= 15 is 0 Å². The molecule has 0 saturated carbocycles. The highest BCUT2D eigenvalue weighted by atomic mass is 19.1. The van der Waals surface area contributed by atoms with E-state index in [1.807, 2.05) is 31.1 Å². The fourth-order valence-electron chi connectivity index (χ4n) is 4.36. The van der Waals surface area contributed by atoms with Crippen LogP contribution in [-0.2, 0) is 0 Å². The number of nitrogens with zero attached hydrogens (tertiary/aromatic N) is 5. The number of aromatic nitrogens is 2. The third-order valence-corrected chi connectivity index (χ3v) is 6.25. The number of methoxy groups -OCH3 is 1. The fourth-order valence-corrected chi connectivity index (χ4v) is 4.36. The van der Waals surface area contributed by atoms with Gasteiger partial charge in [-0.25, -0.2) is 9.37 Å². The number of likely N-dealkylation sites (N-methyl/N-ethyl adjacent to an activating group) is 1. The topological polar surface area (TPSA) is 56.8 Å². The highest BCUT2D eigenvalue weighted by molar-refractivity contribution is 5.92. The monoisotopic (exact) mass is 454 g/mol. The van der Waals surface area contributed by atoms with E-state index in [0.29, 0.717) is 31.2 Å². The zero-order valence-corrected chi connectivity index (χ0v) is 20.0. The van der Waals surface area contributed by atoms with Gasteiger partial charge in [-0.05, 0) is 58.6 Å². The molecule has 178 valence electrons. The Hall–Kier alpha value is -2.63. The molecule has 4 rings (SSSR count). The van der Waals surface area contributed by atoms with Crippen molar-refractivity contribution in [1.29, 1.82) is 0 Å². The minimum atomic E-state index is -0.831. The van der Waals surface area contributed by atoms with Crippen molar-refractivity contribution in [3.8, 4) is 17.6 Å². The number of hydrogen-bond acceptors (Lipinski definition) is 7. The first-order valence-electron chi connectivity index (χ1n) is 11.9. The minimum Gasteiger partial charge on any atom is -0.495 e. The predicted molar refractivity (Wildman–Crippen MR) is 132 cm³/mol. The van der Waals surface area contributed by atoms with Crippen molar-refractivity contribution < 1.29 is 9.13 Å². The number of alkyl halides is 1. The van der Waals surface area contributed by atoms with Crippen LogP contribution in [0.3, 0.4) is 0 Å². The zero-order valence-electron chi connectivity index (χ0n) is 20.0. The molecule has 7 nitrogen and oxygen atoms in total. The normalized spacial score (nSPS) is 18.7. The van der Waals surface area contributed by atoms with Crippen molar-refractivity contribution in [3.63, 3.8) is 0 Å². The molecule has 8 heteroatoms. The number of fused-ring (bicyclic) bond motifs is 1. The van der Waals surface area contributed by atoms with Gasteiger partial charge in [0.2, 0.25) is 5.95 Å². The Morgan fingerprint density at radius 2 is 2.03 bits per heavy atom. The molecular weight excluding hydrogens is 419 g/mol. The lowest BCUT2D eigenvalue weighted by Gasteiger charge is -2.19. The highest BCUT2D eigenvalue weighted by Gasteiger charge is 2.25. The molecule has 2 aliphatic heterocycles. The maximum Gasteiger partial charge on any atom is 0.227 e. The number of nitrogens with one attached hydrogen (secondary N) is 1. The zero-order chi connectivity index (χ0) is 23.2. The summed E-state index contributed by atoms with van der Waals surface area (Å²) in [6.45, 7) is 5.94. The van der Waals surface area contributed by atoms with Gasteiger partial charge in [-0.15, -0.1) is 0 Å². The van der Waals surface area contributed by atoms with Gasteiger partial charge in [0.25, 0.3) is 0 Å². The standard InChI is InChI=1S/C25H35FN6O/c1-30(2)15-10-27-24-21-17-23(33-3)19(8-4-5-11-31-12-6-7-13-31)16-22(21)28-25(29-24)32-14-9-20(26)18-32/h16-17,20H,5-7,9-15,18H2,1-3H3,(H,27,28,29)/t20-/m0/s1. The summed E-state index contributed by atoms with van der Waals surface area (Å²) < 4.78 is 19.5. The Kier molecular flexibility index (Phi) is 7.84. The average molecular weight is 455 g/mol. The van der Waals surface area contributed by atoms with Gasteiger partial charge in [-0.1, -0.05) is 11.8 Å². The van der Waals surface area contributed by atoms with Gasteiger partial charge >= 0.3 is 0 Å². The SMILES string of the molecule is COc1cc2c(NCCN(C)C)nc(N3CC[C@H](F)C3)nc2cc1C#CCCN1CCCC1. The van der Waals surface area contributed by atoms with Crippen LogP contribution in [0.2, 0.25) is 0 Å². The highest BCUT2D eigenvalue weighted by Crippen LogP contribution is 2.31. The van der Waals surface area contributed by atoms with Gasteiger partial charge in [0.15, 0.2) is 0 Å². The van der Waals surface area contributed by atoms with Crippen molar-refractivity contribution in [2.24, 2.45) is 0 Å². The lowest BCUT2D eigenvalue weighted by Crippen LogP contribution is -2.24. The summed E-state index contributed by atoms with van der Waals surface area (Å²) >= 11 is 0. The van der Waals surface area contributed by atoms with E-state index in [9.17, 15) is 4.39 Å². The lowest BCUT2D eigenvalue weighted by molar-refractivity contribution is 0.348. The molecule has 1 aromatic heterocycles. The Bertz CT molecular complexity index is 1010. The van der Waals surface area contributed by atoms with Crippen molar-refractivity contribution >= 4 is 22.7 Å². The number of hydrogen-bond donors (Lipinski definition) is 1. The largest absolute Gasteiger partial charge is 0.495 e. The predicted octanol–water partition coefficient (Wildman–Crippen LogP) is 3.00. The van der Waals surface area contributed by atoms with Gasteiger partial charge in [0, 0.05) is 38.0 Å². The van der Waals surface area contributed by atoms with Gasteiger partial charge < -0.3 is 24.8 Å².